The van der Waals surface area contributed by atoms with Gasteiger partial charge in [0, 0.05) is 17.0 Å². The van der Waals surface area contributed by atoms with Crippen LogP contribution in [0, 0.1) is 6.92 Å². The lowest BCUT2D eigenvalue weighted by atomic mass is 9.97. The number of thiophene rings is 1. The number of hydrogen-bond donors (Lipinski definition) is 2. The predicted octanol–water partition coefficient (Wildman–Crippen LogP) is 3.64. The molecule has 1 aromatic heterocycles. The second-order valence-corrected chi connectivity index (χ2v) is 6.33. The van der Waals surface area contributed by atoms with E-state index in [1.807, 2.05) is 24.4 Å². The zero-order valence-electron chi connectivity index (χ0n) is 11.1. The lowest BCUT2D eigenvalue weighted by molar-refractivity contribution is -0.116. The number of amides is 1. The summed E-state index contributed by atoms with van der Waals surface area (Å²) < 4.78 is 0. The Balaban J connectivity index is 1.95. The number of nitrogens with two attached hydrogens (primary N) is 1. The van der Waals surface area contributed by atoms with Gasteiger partial charge in [0.1, 0.15) is 0 Å². The second-order valence-electron chi connectivity index (χ2n) is 5.04. The van der Waals surface area contributed by atoms with E-state index < -0.39 is 0 Å². The van der Waals surface area contributed by atoms with Crippen LogP contribution in [0.2, 0.25) is 5.02 Å². The first-order valence-corrected chi connectivity index (χ1v) is 7.74. The van der Waals surface area contributed by atoms with Crippen molar-refractivity contribution in [3.05, 3.63) is 50.2 Å². The third kappa shape index (κ3) is 2.35. The summed E-state index contributed by atoms with van der Waals surface area (Å²) in [6.45, 7) is 1.98. The van der Waals surface area contributed by atoms with E-state index in [2.05, 4.69) is 11.4 Å². The number of carbonyl (C=O) groups excluding carboxylic acids is 1. The van der Waals surface area contributed by atoms with Gasteiger partial charge >= 0.3 is 0 Å². The van der Waals surface area contributed by atoms with Gasteiger partial charge < -0.3 is 11.1 Å². The molecule has 0 aliphatic carbocycles. The number of anilines is 1. The van der Waals surface area contributed by atoms with Crippen LogP contribution in [0.3, 0.4) is 0 Å². The molecule has 2 heterocycles. The van der Waals surface area contributed by atoms with Gasteiger partial charge in [0.15, 0.2) is 0 Å². The van der Waals surface area contributed by atoms with Crippen LogP contribution in [0.4, 0.5) is 5.69 Å². The molecule has 1 atom stereocenters. The molecule has 3 rings (SSSR count). The zero-order chi connectivity index (χ0) is 14.3. The Morgan fingerprint density at radius 3 is 2.90 bits per heavy atom. The molecule has 0 spiro atoms. The molecule has 1 aliphatic heterocycles. The number of carbonyl (C=O) groups is 1. The Hall–Kier alpha value is -1.36. The number of nitrogens with one attached hydrogen (secondary N) is 1. The molecule has 5 heteroatoms. The SMILES string of the molecule is Cc1csc(C(N)c2ccc3c(c2)CCC(=O)N3)c1Cl. The van der Waals surface area contributed by atoms with Gasteiger partial charge in [0.2, 0.25) is 5.91 Å². The highest BCUT2D eigenvalue weighted by molar-refractivity contribution is 7.10. The van der Waals surface area contributed by atoms with E-state index in [-0.39, 0.29) is 11.9 Å². The number of benzene rings is 1. The van der Waals surface area contributed by atoms with Gasteiger partial charge in [-0.05, 0) is 41.5 Å². The normalized spacial score (nSPS) is 15.7. The van der Waals surface area contributed by atoms with Crippen molar-refractivity contribution in [3.8, 4) is 0 Å². The lowest BCUT2D eigenvalue weighted by Gasteiger charge is -2.19. The van der Waals surface area contributed by atoms with Gasteiger partial charge in [-0.15, -0.1) is 11.3 Å². The molecule has 0 saturated heterocycles. The molecule has 3 N–H and O–H groups in total. The molecule has 0 bridgehead atoms. The highest BCUT2D eigenvalue weighted by atomic mass is 35.5. The van der Waals surface area contributed by atoms with Gasteiger partial charge in [-0.3, -0.25) is 4.79 Å². The molecule has 0 fully saturated rings. The van der Waals surface area contributed by atoms with E-state index in [0.717, 1.165) is 38.7 Å². The van der Waals surface area contributed by atoms with Crippen LogP contribution in [0.1, 0.15) is 34.0 Å². The summed E-state index contributed by atoms with van der Waals surface area (Å²) in [6, 6.07) is 5.74. The standard InChI is InChI=1S/C15H15ClN2OS/c1-8-7-20-15(13(8)16)14(17)10-2-4-11-9(6-10)3-5-12(19)18-11/h2,4,6-7,14H,3,5,17H2,1H3,(H,18,19). The van der Waals surface area contributed by atoms with Crippen LogP contribution in [-0.2, 0) is 11.2 Å². The van der Waals surface area contributed by atoms with Gasteiger partial charge in [-0.1, -0.05) is 23.7 Å². The summed E-state index contributed by atoms with van der Waals surface area (Å²) in [5.74, 6) is 0.0754. The largest absolute Gasteiger partial charge is 0.326 e. The summed E-state index contributed by atoms with van der Waals surface area (Å²) in [7, 11) is 0. The number of halogens is 1. The highest BCUT2D eigenvalue weighted by Gasteiger charge is 2.19. The van der Waals surface area contributed by atoms with E-state index in [1.165, 1.54) is 0 Å². The van der Waals surface area contributed by atoms with E-state index in [1.54, 1.807) is 11.3 Å². The van der Waals surface area contributed by atoms with Gasteiger partial charge in [0.25, 0.3) is 0 Å². The van der Waals surface area contributed by atoms with Crippen molar-refractivity contribution < 1.29 is 4.79 Å². The molecule has 0 saturated carbocycles. The van der Waals surface area contributed by atoms with E-state index in [9.17, 15) is 4.79 Å². The van der Waals surface area contributed by atoms with Crippen molar-refractivity contribution >= 4 is 34.5 Å². The number of fused-ring (bicyclic) bond motifs is 1. The molecule has 104 valence electrons. The molecular weight excluding hydrogens is 292 g/mol. The van der Waals surface area contributed by atoms with Crippen molar-refractivity contribution in [3.63, 3.8) is 0 Å². The van der Waals surface area contributed by atoms with Gasteiger partial charge in [-0.2, -0.15) is 0 Å². The third-order valence-corrected chi connectivity index (χ3v) is 5.39. The van der Waals surface area contributed by atoms with Gasteiger partial charge in [0.05, 0.1) is 11.1 Å². The number of rotatable bonds is 2. The lowest BCUT2D eigenvalue weighted by Crippen LogP contribution is -2.20. The Kier molecular flexibility index (Phi) is 3.54. The Bertz CT molecular complexity index is 681. The average molecular weight is 307 g/mol. The first-order chi connectivity index (χ1) is 9.56. The molecule has 1 amide bonds. The first-order valence-electron chi connectivity index (χ1n) is 6.48. The van der Waals surface area contributed by atoms with Crippen LogP contribution in [-0.4, -0.2) is 5.91 Å². The molecule has 2 aromatic rings. The fourth-order valence-corrected chi connectivity index (χ4v) is 3.75. The molecular formula is C15H15ClN2OS. The minimum absolute atomic E-state index is 0.0754. The Morgan fingerprint density at radius 1 is 1.40 bits per heavy atom. The van der Waals surface area contributed by atoms with Crippen molar-refractivity contribution in [1.82, 2.24) is 0 Å². The monoisotopic (exact) mass is 306 g/mol. The number of aryl methyl sites for hydroxylation is 2. The Morgan fingerprint density at radius 2 is 2.20 bits per heavy atom. The van der Waals surface area contributed by atoms with Crippen molar-refractivity contribution in [2.75, 3.05) is 5.32 Å². The highest BCUT2D eigenvalue weighted by Crippen LogP contribution is 2.35. The summed E-state index contributed by atoms with van der Waals surface area (Å²) in [6.07, 6.45) is 1.30. The fraction of sp³-hybridized carbons (Fsp3) is 0.267. The minimum Gasteiger partial charge on any atom is -0.326 e. The maximum Gasteiger partial charge on any atom is 0.224 e. The minimum atomic E-state index is -0.218. The second kappa shape index (κ2) is 5.20. The van der Waals surface area contributed by atoms with E-state index in [0.29, 0.717) is 6.42 Å². The molecule has 1 unspecified atom stereocenters. The van der Waals surface area contributed by atoms with Crippen LogP contribution < -0.4 is 11.1 Å². The average Bonchev–Trinajstić information content (AvgIpc) is 2.77. The van der Waals surface area contributed by atoms with Gasteiger partial charge in [-0.25, -0.2) is 0 Å². The molecule has 1 aromatic carbocycles. The maximum atomic E-state index is 11.4. The quantitative estimate of drug-likeness (QED) is 0.890. The van der Waals surface area contributed by atoms with E-state index >= 15 is 0 Å². The predicted molar refractivity (Wildman–Crippen MR) is 83.5 cm³/mol. The van der Waals surface area contributed by atoms with Crippen molar-refractivity contribution in [1.29, 1.82) is 0 Å². The van der Waals surface area contributed by atoms with Crippen molar-refractivity contribution in [2.45, 2.75) is 25.8 Å². The Labute approximate surface area is 126 Å². The smallest absolute Gasteiger partial charge is 0.224 e. The molecule has 0 radical (unpaired) electrons. The maximum absolute atomic E-state index is 11.4. The summed E-state index contributed by atoms with van der Waals surface area (Å²) >= 11 is 7.88. The van der Waals surface area contributed by atoms with Crippen LogP contribution >= 0.6 is 22.9 Å². The fourth-order valence-electron chi connectivity index (χ4n) is 2.41. The summed E-state index contributed by atoms with van der Waals surface area (Å²) in [5, 5.41) is 5.66. The van der Waals surface area contributed by atoms with E-state index in [4.69, 9.17) is 17.3 Å². The summed E-state index contributed by atoms with van der Waals surface area (Å²) in [4.78, 5) is 12.4. The molecule has 3 nitrogen and oxygen atoms in total. The van der Waals surface area contributed by atoms with Crippen LogP contribution in [0.25, 0.3) is 0 Å². The third-order valence-electron chi connectivity index (χ3n) is 3.59. The zero-order valence-corrected chi connectivity index (χ0v) is 12.6. The van der Waals surface area contributed by atoms with Crippen molar-refractivity contribution in [2.24, 2.45) is 5.73 Å². The topological polar surface area (TPSA) is 55.1 Å². The van der Waals surface area contributed by atoms with Crippen LogP contribution in [0.5, 0.6) is 0 Å². The summed E-state index contributed by atoms with van der Waals surface area (Å²) in [5.41, 5.74) is 10.5. The number of hydrogen-bond acceptors (Lipinski definition) is 3. The molecule has 1 aliphatic rings. The molecule has 20 heavy (non-hydrogen) atoms. The first kappa shape index (κ1) is 13.6. The van der Waals surface area contributed by atoms with Crippen LogP contribution in [0.15, 0.2) is 23.6 Å².